The van der Waals surface area contributed by atoms with Crippen molar-refractivity contribution in [3.8, 4) is 0 Å². The molecule has 1 amide bonds. The van der Waals surface area contributed by atoms with Crippen LogP contribution in [0.2, 0.25) is 0 Å². The number of nitrogens with zero attached hydrogens (tertiary/aromatic N) is 1. The van der Waals surface area contributed by atoms with E-state index in [1.54, 1.807) is 18.2 Å². The third kappa shape index (κ3) is 3.62. The van der Waals surface area contributed by atoms with Gasteiger partial charge < -0.3 is 5.32 Å². The Kier molecular flexibility index (Phi) is 4.46. The number of anilines is 2. The summed E-state index contributed by atoms with van der Waals surface area (Å²) in [6.07, 6.45) is 1.07. The zero-order valence-electron chi connectivity index (χ0n) is 12.1. The highest BCUT2D eigenvalue weighted by molar-refractivity contribution is 7.92. The molecule has 2 rings (SSSR count). The van der Waals surface area contributed by atoms with Gasteiger partial charge in [0.1, 0.15) is 5.82 Å². The summed E-state index contributed by atoms with van der Waals surface area (Å²) in [4.78, 5) is 12.1. The van der Waals surface area contributed by atoms with E-state index in [0.29, 0.717) is 5.69 Å². The van der Waals surface area contributed by atoms with Crippen LogP contribution in [0.25, 0.3) is 0 Å². The van der Waals surface area contributed by atoms with Crippen LogP contribution >= 0.6 is 0 Å². The van der Waals surface area contributed by atoms with Crippen LogP contribution in [0.5, 0.6) is 0 Å². The van der Waals surface area contributed by atoms with Crippen LogP contribution in [0.1, 0.15) is 10.4 Å². The lowest BCUT2D eigenvalue weighted by Gasteiger charge is -2.17. The minimum absolute atomic E-state index is 0.0642. The van der Waals surface area contributed by atoms with Gasteiger partial charge in [-0.25, -0.2) is 12.8 Å². The number of hydrogen-bond acceptors (Lipinski definition) is 3. The molecule has 0 saturated carbocycles. The van der Waals surface area contributed by atoms with Crippen molar-refractivity contribution in [3.05, 3.63) is 59.9 Å². The molecular formula is C15H15FN2O3S. The molecule has 22 heavy (non-hydrogen) atoms. The standard InChI is InChI=1S/C15H15FN2O3S/c1-18(22(2,20)21)12-7-5-6-11(10-12)15(19)17-14-9-4-3-8-13(14)16/h3-10H,1-2H3,(H,17,19). The van der Waals surface area contributed by atoms with Crippen LogP contribution in [0, 0.1) is 5.82 Å². The summed E-state index contributed by atoms with van der Waals surface area (Å²) < 4.78 is 37.6. The molecule has 0 saturated heterocycles. The first-order valence-corrected chi connectivity index (χ1v) is 8.24. The molecule has 0 aliphatic carbocycles. The van der Waals surface area contributed by atoms with E-state index < -0.39 is 21.7 Å². The van der Waals surface area contributed by atoms with Crippen LogP contribution in [-0.2, 0) is 10.0 Å². The minimum atomic E-state index is -3.42. The number of amides is 1. The number of para-hydroxylation sites is 1. The Morgan fingerprint density at radius 1 is 1.14 bits per heavy atom. The fourth-order valence-electron chi connectivity index (χ4n) is 1.79. The third-order valence-electron chi connectivity index (χ3n) is 3.09. The second-order valence-electron chi connectivity index (χ2n) is 4.71. The van der Waals surface area contributed by atoms with Gasteiger partial charge >= 0.3 is 0 Å². The number of carbonyl (C=O) groups is 1. The van der Waals surface area contributed by atoms with E-state index in [-0.39, 0.29) is 11.3 Å². The average molecular weight is 322 g/mol. The van der Waals surface area contributed by atoms with Gasteiger partial charge in [0.25, 0.3) is 5.91 Å². The summed E-state index contributed by atoms with van der Waals surface area (Å²) >= 11 is 0. The Morgan fingerprint density at radius 2 is 1.82 bits per heavy atom. The molecule has 2 aromatic rings. The van der Waals surface area contributed by atoms with Gasteiger partial charge in [-0.15, -0.1) is 0 Å². The maximum absolute atomic E-state index is 13.5. The maximum Gasteiger partial charge on any atom is 0.255 e. The molecule has 0 radical (unpaired) electrons. The molecule has 0 spiro atoms. The fraction of sp³-hybridized carbons (Fsp3) is 0.133. The van der Waals surface area contributed by atoms with Gasteiger partial charge in [-0.2, -0.15) is 0 Å². The van der Waals surface area contributed by atoms with E-state index in [9.17, 15) is 17.6 Å². The fourth-order valence-corrected chi connectivity index (χ4v) is 2.29. The maximum atomic E-state index is 13.5. The van der Waals surface area contributed by atoms with Crippen molar-refractivity contribution in [2.24, 2.45) is 0 Å². The lowest BCUT2D eigenvalue weighted by Crippen LogP contribution is -2.25. The van der Waals surface area contributed by atoms with E-state index in [1.165, 1.54) is 37.4 Å². The monoisotopic (exact) mass is 322 g/mol. The molecule has 0 unspecified atom stereocenters. The quantitative estimate of drug-likeness (QED) is 0.940. The third-order valence-corrected chi connectivity index (χ3v) is 4.30. The molecule has 0 aromatic heterocycles. The number of benzene rings is 2. The number of rotatable bonds is 4. The molecule has 7 heteroatoms. The SMILES string of the molecule is CN(c1cccc(C(=O)Nc2ccccc2F)c1)S(C)(=O)=O. The highest BCUT2D eigenvalue weighted by atomic mass is 32.2. The first-order valence-electron chi connectivity index (χ1n) is 6.39. The molecule has 5 nitrogen and oxygen atoms in total. The van der Waals surface area contributed by atoms with E-state index >= 15 is 0 Å². The molecule has 0 atom stereocenters. The molecule has 0 aliphatic heterocycles. The lowest BCUT2D eigenvalue weighted by atomic mass is 10.2. The molecule has 1 N–H and O–H groups in total. The second-order valence-corrected chi connectivity index (χ2v) is 6.73. The molecule has 2 aromatic carbocycles. The van der Waals surface area contributed by atoms with E-state index in [4.69, 9.17) is 0 Å². The molecule has 0 bridgehead atoms. The molecule has 0 heterocycles. The molecule has 116 valence electrons. The summed E-state index contributed by atoms with van der Waals surface area (Å²) in [7, 11) is -2.03. The zero-order chi connectivity index (χ0) is 16.3. The molecule has 0 aliphatic rings. The topological polar surface area (TPSA) is 66.5 Å². The smallest absolute Gasteiger partial charge is 0.255 e. The number of halogens is 1. The van der Waals surface area contributed by atoms with Crippen molar-refractivity contribution in [1.82, 2.24) is 0 Å². The Bertz CT molecular complexity index is 806. The summed E-state index contributed by atoms with van der Waals surface area (Å²) in [5.74, 6) is -1.06. The predicted molar refractivity (Wildman–Crippen MR) is 84.0 cm³/mol. The van der Waals surface area contributed by atoms with Gasteiger partial charge in [0, 0.05) is 12.6 Å². The number of sulfonamides is 1. The van der Waals surface area contributed by atoms with E-state index in [1.807, 2.05) is 0 Å². The van der Waals surface area contributed by atoms with Crippen molar-refractivity contribution in [3.63, 3.8) is 0 Å². The number of hydrogen-bond donors (Lipinski definition) is 1. The van der Waals surface area contributed by atoms with Crippen molar-refractivity contribution in [2.45, 2.75) is 0 Å². The van der Waals surface area contributed by atoms with Crippen molar-refractivity contribution in [1.29, 1.82) is 0 Å². The Morgan fingerprint density at radius 3 is 2.45 bits per heavy atom. The number of nitrogens with one attached hydrogen (secondary N) is 1. The van der Waals surface area contributed by atoms with Crippen molar-refractivity contribution in [2.75, 3.05) is 22.9 Å². The first kappa shape index (κ1) is 16.0. The van der Waals surface area contributed by atoms with Gasteiger partial charge in [0.15, 0.2) is 0 Å². The van der Waals surface area contributed by atoms with Crippen molar-refractivity contribution < 1.29 is 17.6 Å². The van der Waals surface area contributed by atoms with Gasteiger partial charge in [-0.1, -0.05) is 18.2 Å². The Labute approximate surface area is 128 Å². The highest BCUT2D eigenvalue weighted by Crippen LogP contribution is 2.19. The van der Waals surface area contributed by atoms with Crippen molar-refractivity contribution >= 4 is 27.3 Å². The van der Waals surface area contributed by atoms with E-state index in [0.717, 1.165) is 10.6 Å². The van der Waals surface area contributed by atoms with Crippen LogP contribution in [0.4, 0.5) is 15.8 Å². The van der Waals surface area contributed by atoms with Crippen LogP contribution in [0.3, 0.4) is 0 Å². The summed E-state index contributed by atoms with van der Waals surface area (Å²) in [6, 6.07) is 11.9. The highest BCUT2D eigenvalue weighted by Gasteiger charge is 2.14. The van der Waals surface area contributed by atoms with Gasteiger partial charge in [-0.05, 0) is 30.3 Å². The minimum Gasteiger partial charge on any atom is -0.319 e. The summed E-state index contributed by atoms with van der Waals surface area (Å²) in [5, 5.41) is 2.45. The molecular weight excluding hydrogens is 307 g/mol. The van der Waals surface area contributed by atoms with Gasteiger partial charge in [-0.3, -0.25) is 9.10 Å². The van der Waals surface area contributed by atoms with E-state index in [2.05, 4.69) is 5.32 Å². The average Bonchev–Trinajstić information content (AvgIpc) is 2.48. The Balaban J connectivity index is 2.26. The Hall–Kier alpha value is -2.41. The summed E-state index contributed by atoms with van der Waals surface area (Å²) in [5.41, 5.74) is 0.648. The van der Waals surface area contributed by atoms with Crippen LogP contribution in [-0.4, -0.2) is 27.6 Å². The normalized spacial score (nSPS) is 11.0. The molecule has 0 fully saturated rings. The van der Waals surface area contributed by atoms with Gasteiger partial charge in [0.05, 0.1) is 17.6 Å². The van der Waals surface area contributed by atoms with Crippen LogP contribution in [0.15, 0.2) is 48.5 Å². The first-order chi connectivity index (χ1) is 10.3. The second kappa shape index (κ2) is 6.15. The number of carbonyl (C=O) groups excluding carboxylic acids is 1. The largest absolute Gasteiger partial charge is 0.319 e. The predicted octanol–water partition coefficient (Wildman–Crippen LogP) is 2.47. The van der Waals surface area contributed by atoms with Gasteiger partial charge in [0.2, 0.25) is 10.0 Å². The lowest BCUT2D eigenvalue weighted by molar-refractivity contribution is 0.102. The zero-order valence-corrected chi connectivity index (χ0v) is 12.9. The summed E-state index contributed by atoms with van der Waals surface area (Å²) in [6.45, 7) is 0. The van der Waals surface area contributed by atoms with Crippen LogP contribution < -0.4 is 9.62 Å².